The molecule has 1 atom stereocenters. The van der Waals surface area contributed by atoms with E-state index in [1.54, 1.807) is 0 Å². The normalized spacial score (nSPS) is 21.2. The van der Waals surface area contributed by atoms with E-state index in [9.17, 15) is 0 Å². The molecule has 1 nitrogen and oxygen atoms in total. The lowest BCUT2D eigenvalue weighted by atomic mass is 10.1. The number of hydrogen-bond acceptors (Lipinski definition) is 2. The Labute approximate surface area is 100 Å². The first-order valence-corrected chi connectivity index (χ1v) is 7.22. The van der Waals surface area contributed by atoms with Gasteiger partial charge in [0.2, 0.25) is 0 Å². The van der Waals surface area contributed by atoms with Gasteiger partial charge in [-0.15, -0.1) is 0 Å². The minimum absolute atomic E-state index is 0.548. The van der Waals surface area contributed by atoms with Gasteiger partial charge in [-0.25, -0.2) is 0 Å². The van der Waals surface area contributed by atoms with E-state index < -0.39 is 0 Å². The van der Waals surface area contributed by atoms with Crippen LogP contribution < -0.4 is 0 Å². The fourth-order valence-electron chi connectivity index (χ4n) is 2.32. The van der Waals surface area contributed by atoms with Crippen molar-refractivity contribution in [1.29, 1.82) is 0 Å². The van der Waals surface area contributed by atoms with E-state index in [0.29, 0.717) is 12.0 Å². The molecule has 0 aromatic heterocycles. The number of rotatable bonds is 6. The molecule has 1 unspecified atom stereocenters. The summed E-state index contributed by atoms with van der Waals surface area (Å²) >= 11 is 4.39. The maximum Gasteiger partial charge on any atom is 0.0575 e. The highest BCUT2D eigenvalue weighted by atomic mass is 32.1. The van der Waals surface area contributed by atoms with Crippen molar-refractivity contribution in [2.75, 3.05) is 12.4 Å². The molecule has 0 bridgehead atoms. The number of thiol groups is 1. The van der Waals surface area contributed by atoms with Gasteiger partial charge in [0.25, 0.3) is 0 Å². The van der Waals surface area contributed by atoms with E-state index in [1.165, 1.54) is 51.4 Å². The molecule has 0 saturated heterocycles. The van der Waals surface area contributed by atoms with Gasteiger partial charge in [-0.1, -0.05) is 39.0 Å². The van der Waals surface area contributed by atoms with E-state index in [2.05, 4.69) is 19.6 Å². The van der Waals surface area contributed by atoms with Crippen molar-refractivity contribution in [2.45, 2.75) is 64.4 Å². The highest BCUT2D eigenvalue weighted by Crippen LogP contribution is 2.21. The largest absolute Gasteiger partial charge is 0.378 e. The molecule has 15 heavy (non-hydrogen) atoms. The molecular weight excluding hydrogens is 204 g/mol. The molecule has 1 rings (SSSR count). The van der Waals surface area contributed by atoms with Crippen LogP contribution in [0.2, 0.25) is 0 Å². The molecule has 0 aromatic carbocycles. The van der Waals surface area contributed by atoms with Gasteiger partial charge >= 0.3 is 0 Å². The second-order valence-corrected chi connectivity index (χ2v) is 5.15. The van der Waals surface area contributed by atoms with Crippen molar-refractivity contribution in [3.05, 3.63) is 0 Å². The third-order valence-electron chi connectivity index (χ3n) is 3.32. The summed E-state index contributed by atoms with van der Waals surface area (Å²) in [4.78, 5) is 0. The zero-order valence-corrected chi connectivity index (χ0v) is 11.0. The lowest BCUT2D eigenvalue weighted by molar-refractivity contribution is 0.0231. The van der Waals surface area contributed by atoms with Crippen LogP contribution in [-0.4, -0.2) is 18.5 Å². The minimum atomic E-state index is 0.548. The molecule has 1 aliphatic rings. The van der Waals surface area contributed by atoms with E-state index in [1.807, 2.05) is 0 Å². The molecule has 1 fully saturated rings. The van der Waals surface area contributed by atoms with Gasteiger partial charge in [-0.05, 0) is 30.9 Å². The lowest BCUT2D eigenvalue weighted by Gasteiger charge is -2.19. The Balaban J connectivity index is 2.15. The average Bonchev–Trinajstić information content (AvgIpc) is 2.52. The van der Waals surface area contributed by atoms with Crippen molar-refractivity contribution >= 4 is 12.6 Å². The second kappa shape index (κ2) is 8.46. The topological polar surface area (TPSA) is 9.23 Å². The van der Waals surface area contributed by atoms with Gasteiger partial charge < -0.3 is 4.74 Å². The second-order valence-electron chi connectivity index (χ2n) is 4.78. The molecule has 90 valence electrons. The van der Waals surface area contributed by atoms with Crippen LogP contribution in [0.15, 0.2) is 0 Å². The predicted octanol–water partition coefficient (Wildman–Crippen LogP) is 4.07. The standard InChI is InChI=1S/C13H26OS/c1-2-7-12(11-15)10-14-13-8-5-3-4-6-9-13/h12-13,15H,2-11H2,1H3. The van der Waals surface area contributed by atoms with E-state index in [-0.39, 0.29) is 0 Å². The van der Waals surface area contributed by atoms with Crippen molar-refractivity contribution in [1.82, 2.24) is 0 Å². The van der Waals surface area contributed by atoms with Gasteiger partial charge in [0.1, 0.15) is 0 Å². The van der Waals surface area contributed by atoms with E-state index >= 15 is 0 Å². The van der Waals surface area contributed by atoms with Gasteiger partial charge in [0, 0.05) is 0 Å². The lowest BCUT2D eigenvalue weighted by Crippen LogP contribution is -2.19. The van der Waals surface area contributed by atoms with E-state index in [0.717, 1.165) is 12.4 Å². The van der Waals surface area contributed by atoms with Crippen LogP contribution in [0.5, 0.6) is 0 Å². The Morgan fingerprint density at radius 3 is 2.40 bits per heavy atom. The summed E-state index contributed by atoms with van der Waals surface area (Å²) in [5.74, 6) is 1.64. The monoisotopic (exact) mass is 230 g/mol. The van der Waals surface area contributed by atoms with Crippen LogP contribution in [0.25, 0.3) is 0 Å². The molecular formula is C13H26OS. The van der Waals surface area contributed by atoms with Crippen LogP contribution in [-0.2, 0) is 4.74 Å². The number of hydrogen-bond donors (Lipinski definition) is 1. The zero-order chi connectivity index (χ0) is 10.9. The average molecular weight is 230 g/mol. The highest BCUT2D eigenvalue weighted by molar-refractivity contribution is 7.80. The molecule has 2 heteroatoms. The Hall–Kier alpha value is 0.310. The molecule has 0 amide bonds. The van der Waals surface area contributed by atoms with Crippen molar-refractivity contribution in [2.24, 2.45) is 5.92 Å². The summed E-state index contributed by atoms with van der Waals surface area (Å²) in [5, 5.41) is 0. The Morgan fingerprint density at radius 1 is 1.20 bits per heavy atom. The van der Waals surface area contributed by atoms with Gasteiger partial charge in [-0.2, -0.15) is 12.6 Å². The summed E-state index contributed by atoms with van der Waals surface area (Å²) < 4.78 is 6.02. The Kier molecular flexibility index (Phi) is 7.54. The smallest absolute Gasteiger partial charge is 0.0575 e. The van der Waals surface area contributed by atoms with Crippen molar-refractivity contribution in [3.63, 3.8) is 0 Å². The van der Waals surface area contributed by atoms with Crippen LogP contribution >= 0.6 is 12.6 Å². The fourth-order valence-corrected chi connectivity index (χ4v) is 2.60. The quantitative estimate of drug-likeness (QED) is 0.534. The van der Waals surface area contributed by atoms with Crippen LogP contribution in [0.4, 0.5) is 0 Å². The molecule has 0 spiro atoms. The molecule has 0 aromatic rings. The zero-order valence-electron chi connectivity index (χ0n) is 10.1. The fraction of sp³-hybridized carbons (Fsp3) is 1.00. The van der Waals surface area contributed by atoms with Gasteiger partial charge in [-0.3, -0.25) is 0 Å². The number of ether oxygens (including phenoxy) is 1. The summed E-state index contributed by atoms with van der Waals surface area (Å²) in [5.41, 5.74) is 0. The van der Waals surface area contributed by atoms with E-state index in [4.69, 9.17) is 4.74 Å². The molecule has 1 aliphatic carbocycles. The molecule has 0 N–H and O–H groups in total. The first kappa shape index (κ1) is 13.4. The van der Waals surface area contributed by atoms with Gasteiger partial charge in [0.15, 0.2) is 0 Å². The molecule has 0 aliphatic heterocycles. The molecule has 0 radical (unpaired) electrons. The molecule has 1 saturated carbocycles. The van der Waals surface area contributed by atoms with Crippen LogP contribution in [0.3, 0.4) is 0 Å². The summed E-state index contributed by atoms with van der Waals surface area (Å²) in [6, 6.07) is 0. The third kappa shape index (κ3) is 5.82. The maximum absolute atomic E-state index is 6.02. The summed E-state index contributed by atoms with van der Waals surface area (Å²) in [6.45, 7) is 3.17. The van der Waals surface area contributed by atoms with Crippen LogP contribution in [0, 0.1) is 5.92 Å². The molecule has 0 heterocycles. The van der Waals surface area contributed by atoms with Crippen LogP contribution in [0.1, 0.15) is 58.3 Å². The van der Waals surface area contributed by atoms with Gasteiger partial charge in [0.05, 0.1) is 12.7 Å². The predicted molar refractivity (Wildman–Crippen MR) is 69.7 cm³/mol. The SMILES string of the molecule is CCCC(CS)COC1CCCCCC1. The maximum atomic E-state index is 6.02. The van der Waals surface area contributed by atoms with Crippen molar-refractivity contribution < 1.29 is 4.74 Å². The first-order chi connectivity index (χ1) is 7.36. The Morgan fingerprint density at radius 2 is 1.87 bits per heavy atom. The highest BCUT2D eigenvalue weighted by Gasteiger charge is 2.14. The third-order valence-corrected chi connectivity index (χ3v) is 3.84. The summed E-state index contributed by atoms with van der Waals surface area (Å²) in [6.07, 6.45) is 11.2. The minimum Gasteiger partial charge on any atom is -0.378 e. The Bertz CT molecular complexity index is 141. The van der Waals surface area contributed by atoms with Crippen molar-refractivity contribution in [3.8, 4) is 0 Å². The summed E-state index contributed by atoms with van der Waals surface area (Å²) in [7, 11) is 0. The first-order valence-electron chi connectivity index (χ1n) is 6.59.